The Labute approximate surface area is 615 Å². The molecule has 9 heteroatoms. The second-order valence-corrected chi connectivity index (χ2v) is 34.1. The maximum absolute atomic E-state index is 11.8. The number of nitrogens with zero attached hydrogens (tertiary/aromatic N) is 4. The van der Waals surface area contributed by atoms with Crippen LogP contribution in [0.3, 0.4) is 0 Å². The second kappa shape index (κ2) is 22.4. The first-order valence-corrected chi connectivity index (χ1v) is 38.9. The number of thioether (sulfide) groups is 2. The van der Waals surface area contributed by atoms with Crippen molar-refractivity contribution in [2.75, 3.05) is 9.80 Å². The fourth-order valence-corrected chi connectivity index (χ4v) is 27.1. The molecule has 470 valence electrons. The van der Waals surface area contributed by atoms with E-state index in [1.807, 2.05) is 191 Å². The molecule has 4 unspecified atom stereocenters. The van der Waals surface area contributed by atoms with Crippen LogP contribution in [0.5, 0.6) is 0 Å². The molecule has 2 aromatic heterocycles. The van der Waals surface area contributed by atoms with E-state index < -0.39 is 12.1 Å². The van der Waals surface area contributed by atoms with Crippen molar-refractivity contribution in [3.05, 3.63) is 331 Å². The van der Waals surface area contributed by atoms with Gasteiger partial charge < -0.3 is 0 Å². The van der Waals surface area contributed by atoms with Gasteiger partial charge in [0, 0.05) is 0 Å². The fourth-order valence-electron chi connectivity index (χ4n) is 16.1. The summed E-state index contributed by atoms with van der Waals surface area (Å²) in [5, 5.41) is 2.05. The summed E-state index contributed by atoms with van der Waals surface area (Å²) in [5.41, 5.74) is 12.0. The van der Waals surface area contributed by atoms with Crippen molar-refractivity contribution in [3.63, 3.8) is 0 Å². The fraction of sp³-hybridized carbons (Fsp3) is 0.0889. The summed E-state index contributed by atoms with van der Waals surface area (Å²) >= 11 is 3.15. The Balaban J connectivity index is 0.966. The van der Waals surface area contributed by atoms with Gasteiger partial charge in [-0.1, -0.05) is 0 Å². The molecular formula is C90H63BN4S2Se2. The predicted octanol–water partition coefficient (Wildman–Crippen LogP) is 20.1. The van der Waals surface area contributed by atoms with E-state index in [1.54, 1.807) is 0 Å². The molecular weight excluding hydrogens is 1370 g/mol. The number of fused-ring (bicyclic) bond motifs is 18. The van der Waals surface area contributed by atoms with E-state index in [0.29, 0.717) is 39.1 Å². The van der Waals surface area contributed by atoms with Crippen LogP contribution in [0.4, 0.5) is 34.1 Å². The Hall–Kier alpha value is -9.66. The molecule has 0 saturated carbocycles. The average molecular weight is 1450 g/mol. The Morgan fingerprint density at radius 1 is 0.404 bits per heavy atom. The Morgan fingerprint density at radius 3 is 1.16 bits per heavy atom. The minimum atomic E-state index is -1.35. The van der Waals surface area contributed by atoms with Crippen molar-refractivity contribution >= 4 is 142 Å². The van der Waals surface area contributed by atoms with Crippen LogP contribution in [0.1, 0.15) is 85.2 Å². The number of rotatable bonds is 8. The molecule has 0 saturated heterocycles. The molecule has 15 aromatic rings. The Kier molecular flexibility index (Phi) is 10.7. The van der Waals surface area contributed by atoms with Gasteiger partial charge in [0.05, 0.1) is 0 Å². The van der Waals surface area contributed by atoms with Crippen molar-refractivity contribution in [2.45, 2.75) is 56.1 Å². The van der Waals surface area contributed by atoms with E-state index in [0.717, 1.165) is 47.7 Å². The van der Waals surface area contributed by atoms with Gasteiger partial charge in [0.25, 0.3) is 0 Å². The van der Waals surface area contributed by atoms with Crippen LogP contribution < -0.4 is 35.4 Å². The Bertz CT molecular complexity index is 6100. The van der Waals surface area contributed by atoms with Crippen molar-refractivity contribution in [1.82, 2.24) is 9.13 Å². The first-order chi connectivity index (χ1) is 53.8. The van der Waals surface area contributed by atoms with Gasteiger partial charge in [0.1, 0.15) is 0 Å². The van der Waals surface area contributed by atoms with E-state index in [2.05, 4.69) is 103 Å². The van der Waals surface area contributed by atoms with Gasteiger partial charge in [0.15, 0.2) is 0 Å². The van der Waals surface area contributed by atoms with Crippen LogP contribution in [0, 0.1) is 0 Å². The quantitative estimate of drug-likeness (QED) is 0.141. The van der Waals surface area contributed by atoms with Crippen molar-refractivity contribution in [1.29, 1.82) is 0 Å². The summed E-state index contributed by atoms with van der Waals surface area (Å²) in [6.45, 7) is 4.98. The third kappa shape index (κ3) is 8.75. The maximum atomic E-state index is 11.8. The normalized spacial score (nSPS) is 18.9. The molecule has 0 radical (unpaired) electrons. The zero-order chi connectivity index (χ0) is 75.8. The zero-order valence-corrected chi connectivity index (χ0v) is 58.8. The molecule has 0 amide bonds. The summed E-state index contributed by atoms with van der Waals surface area (Å²) < 4.78 is 136. The van der Waals surface area contributed by atoms with Crippen molar-refractivity contribution < 1.29 is 16.4 Å². The molecule has 4 atom stereocenters. The first-order valence-electron chi connectivity index (χ1n) is 39.5. The molecule has 0 N–H and O–H groups in total. The molecule has 0 spiro atoms. The molecule has 99 heavy (non-hydrogen) atoms. The molecule has 21 rings (SSSR count). The van der Waals surface area contributed by atoms with E-state index in [9.17, 15) is 16.4 Å². The van der Waals surface area contributed by atoms with Gasteiger partial charge in [0.2, 0.25) is 0 Å². The summed E-state index contributed by atoms with van der Waals surface area (Å²) in [6, 6.07) is 72.2. The standard InChI is InChI=1S/C90H63BN4S2Se2/c1-90(2,3)58-50-75-81-76(51-58)95(83-63(56-30-12-6-13-31-56)40-25-41-64(83)57-32-14-7-15-33-57)74-53-60(93-72-43-21-17-35-66(72)80-85-87(99-89(80)93)68-37-19-23-45-78(68)97-85)47-49-70(74)91(81)69-48-46-59(92-71-42-20-16-34-65(71)79-84-86(98-88(79)92)67-36-18-22-44-77(67)96-84)52-73(69)94(75)82-61(54-26-8-4-9-27-54)38-24-39-62(82)55-28-10-5-11-29-55/h4-53,84-87H,1-3H3/i24D,25D,38D,39D,40D,41D,46D,47D,48D,49D,52D,53D. The Morgan fingerprint density at radius 2 is 0.768 bits per heavy atom. The summed E-state index contributed by atoms with van der Waals surface area (Å²) in [4.78, 5) is 6.59. The van der Waals surface area contributed by atoms with Crippen LogP contribution in [0.15, 0.2) is 313 Å². The van der Waals surface area contributed by atoms with E-state index in [4.69, 9.17) is 0 Å². The van der Waals surface area contributed by atoms with Crippen LogP contribution >= 0.6 is 23.5 Å². The van der Waals surface area contributed by atoms with E-state index in [1.165, 1.54) is 20.9 Å². The van der Waals surface area contributed by atoms with Crippen LogP contribution in [0.25, 0.3) is 77.7 Å². The molecule has 13 aromatic carbocycles. The third-order valence-electron chi connectivity index (χ3n) is 20.5. The van der Waals surface area contributed by atoms with Gasteiger partial charge in [-0.15, -0.1) is 0 Å². The SMILES string of the molecule is [2H]c1c([2H])c(-c2ccccc2)c(N2c3cc(C(C)(C)C)cc4c3B(c3c([2H])c([2H])c(-n5c6c(c7ccccc75)C5Sc7ccccc7C5[Se]6)c([2H])c32)c2c([2H])c([2H])c(-n3c5c(c6ccccc63)C3Sc6ccccc6C3[Se]5)c([2H])c2N4c2c(-c3ccccc3)c([2H])c([2H])c([2H])c2-c2ccccc2)c(-c2ccccc2)c1[2H]. The molecule has 0 aliphatic carbocycles. The monoisotopic (exact) mass is 1450 g/mol. The van der Waals surface area contributed by atoms with Gasteiger partial charge in [-0.2, -0.15) is 0 Å². The summed E-state index contributed by atoms with van der Waals surface area (Å²) in [5.74, 6) is 0. The van der Waals surface area contributed by atoms with Crippen LogP contribution in [-0.2, 0) is 5.41 Å². The number of anilines is 6. The van der Waals surface area contributed by atoms with Gasteiger partial charge in [-0.25, -0.2) is 0 Å². The molecule has 8 heterocycles. The molecule has 4 nitrogen and oxygen atoms in total. The third-order valence-corrected chi connectivity index (χ3v) is 30.0. The average Bonchev–Trinajstić information content (AvgIpc) is 0.847. The number of aromatic nitrogens is 2. The van der Waals surface area contributed by atoms with Crippen molar-refractivity contribution in [2.24, 2.45) is 0 Å². The zero-order valence-electron chi connectivity index (χ0n) is 65.7. The van der Waals surface area contributed by atoms with Gasteiger partial charge >= 0.3 is 620 Å². The topological polar surface area (TPSA) is 16.3 Å². The second-order valence-electron chi connectivity index (χ2n) is 27.0. The number of benzene rings is 13. The van der Waals surface area contributed by atoms with Gasteiger partial charge in [-0.3, -0.25) is 0 Å². The minimum absolute atomic E-state index is 0.0373. The van der Waals surface area contributed by atoms with Crippen molar-refractivity contribution in [3.8, 4) is 55.9 Å². The summed E-state index contributed by atoms with van der Waals surface area (Å²) in [7, 11) is 0. The molecule has 6 aliphatic rings. The number of hydrogen-bond acceptors (Lipinski definition) is 4. The number of para-hydroxylation sites is 4. The predicted molar refractivity (Wildman–Crippen MR) is 421 cm³/mol. The summed E-state index contributed by atoms with van der Waals surface area (Å²) in [6.07, 6.45) is 0. The van der Waals surface area contributed by atoms with E-state index in [-0.39, 0.29) is 190 Å². The number of hydrogen-bond donors (Lipinski definition) is 0. The first kappa shape index (κ1) is 47.4. The molecule has 6 aliphatic heterocycles. The molecule has 0 bridgehead atoms. The van der Waals surface area contributed by atoms with E-state index >= 15 is 0 Å². The van der Waals surface area contributed by atoms with Crippen LogP contribution in [-0.4, -0.2) is 45.8 Å². The van der Waals surface area contributed by atoms with Gasteiger partial charge in [-0.05, 0) is 0 Å². The van der Waals surface area contributed by atoms with Crippen LogP contribution in [0.2, 0.25) is 0 Å². The molecule has 0 fully saturated rings.